The van der Waals surface area contributed by atoms with Crippen molar-refractivity contribution in [2.24, 2.45) is 0 Å². The van der Waals surface area contributed by atoms with Crippen LogP contribution in [-0.2, 0) is 4.79 Å². The number of carboxylic acid groups (broad SMARTS) is 1. The first-order valence-electron chi connectivity index (χ1n) is 7.70. The molecule has 0 aromatic heterocycles. The Morgan fingerprint density at radius 1 is 1.11 bits per heavy atom. The van der Waals surface area contributed by atoms with Crippen LogP contribution in [0.4, 0.5) is 0 Å². The molecule has 19 heavy (non-hydrogen) atoms. The molecule has 0 bridgehead atoms. The Balaban J connectivity index is 4.01. The molecule has 0 saturated carbocycles. The van der Waals surface area contributed by atoms with Crippen molar-refractivity contribution in [3.8, 4) is 0 Å². The van der Waals surface area contributed by atoms with Crippen molar-refractivity contribution >= 4 is 5.97 Å². The van der Waals surface area contributed by atoms with Crippen LogP contribution >= 0.6 is 0 Å². The first kappa shape index (κ1) is 18.4. The van der Waals surface area contributed by atoms with Crippen LogP contribution in [0.3, 0.4) is 0 Å². The summed E-state index contributed by atoms with van der Waals surface area (Å²) in [4.78, 5) is 13.7. The van der Waals surface area contributed by atoms with E-state index in [9.17, 15) is 9.90 Å². The van der Waals surface area contributed by atoms with Gasteiger partial charge in [-0.15, -0.1) is 0 Å². The first-order chi connectivity index (χ1) is 9.00. The molecule has 2 N–H and O–H groups in total. The minimum Gasteiger partial charge on any atom is -0.480 e. The van der Waals surface area contributed by atoms with E-state index in [0.717, 1.165) is 32.5 Å². The Morgan fingerprint density at radius 2 is 1.68 bits per heavy atom. The number of carboxylic acids is 1. The molecule has 0 radical (unpaired) electrons. The number of unbranched alkanes of at least 4 members (excludes halogenated alkanes) is 1. The van der Waals surface area contributed by atoms with Crippen molar-refractivity contribution in [1.29, 1.82) is 0 Å². The average molecular weight is 272 g/mol. The number of hydrogen-bond donors (Lipinski definition) is 2. The lowest BCUT2D eigenvalue weighted by molar-refractivity contribution is -0.144. The maximum atomic E-state index is 11.3. The molecule has 0 aliphatic carbocycles. The van der Waals surface area contributed by atoms with Crippen LogP contribution in [0.15, 0.2) is 0 Å². The minimum absolute atomic E-state index is 0.695. The second-order valence-corrected chi connectivity index (χ2v) is 5.47. The number of carbonyl (C=O) groups is 1. The highest BCUT2D eigenvalue weighted by Gasteiger charge is 2.30. The van der Waals surface area contributed by atoms with Gasteiger partial charge in [0.05, 0.1) is 0 Å². The van der Waals surface area contributed by atoms with Gasteiger partial charge in [-0.1, -0.05) is 20.8 Å². The second-order valence-electron chi connectivity index (χ2n) is 5.47. The van der Waals surface area contributed by atoms with Crippen molar-refractivity contribution in [2.75, 3.05) is 26.2 Å². The van der Waals surface area contributed by atoms with Gasteiger partial charge < -0.3 is 15.3 Å². The van der Waals surface area contributed by atoms with E-state index in [1.165, 1.54) is 12.8 Å². The predicted molar refractivity (Wildman–Crippen MR) is 80.6 cm³/mol. The average Bonchev–Trinajstić information content (AvgIpc) is 2.35. The normalized spacial score (nSPS) is 14.6. The van der Waals surface area contributed by atoms with Gasteiger partial charge in [-0.25, -0.2) is 0 Å². The largest absolute Gasteiger partial charge is 0.480 e. The zero-order chi connectivity index (χ0) is 14.7. The van der Waals surface area contributed by atoms with Gasteiger partial charge in [-0.2, -0.15) is 0 Å². The number of likely N-dealkylation sites (N-methyl/N-ethyl adjacent to an activating group) is 1. The third-order valence-electron chi connectivity index (χ3n) is 3.52. The lowest BCUT2D eigenvalue weighted by Gasteiger charge is -2.26. The molecule has 1 atom stereocenters. The highest BCUT2D eigenvalue weighted by atomic mass is 16.4. The molecule has 0 heterocycles. The summed E-state index contributed by atoms with van der Waals surface area (Å²) in [5, 5.41) is 12.4. The van der Waals surface area contributed by atoms with E-state index >= 15 is 0 Å². The summed E-state index contributed by atoms with van der Waals surface area (Å²) in [5.41, 5.74) is -0.769. The quantitative estimate of drug-likeness (QED) is 0.536. The van der Waals surface area contributed by atoms with E-state index in [4.69, 9.17) is 0 Å². The van der Waals surface area contributed by atoms with E-state index < -0.39 is 11.5 Å². The minimum atomic E-state index is -0.769. The number of nitrogens with one attached hydrogen (secondary N) is 1. The summed E-state index contributed by atoms with van der Waals surface area (Å²) in [6.45, 7) is 12.2. The molecule has 0 amide bonds. The van der Waals surface area contributed by atoms with Gasteiger partial charge >= 0.3 is 5.97 Å². The monoisotopic (exact) mass is 272 g/mol. The second kappa shape index (κ2) is 10.2. The fourth-order valence-electron chi connectivity index (χ4n) is 2.44. The summed E-state index contributed by atoms with van der Waals surface area (Å²) in [5.74, 6) is -0.742. The van der Waals surface area contributed by atoms with Crippen LogP contribution in [0.5, 0.6) is 0 Å². The molecule has 4 nitrogen and oxygen atoms in total. The Bertz CT molecular complexity index is 240. The summed E-state index contributed by atoms with van der Waals surface area (Å²) >= 11 is 0. The lowest BCUT2D eigenvalue weighted by atomic mass is 9.95. The summed E-state index contributed by atoms with van der Waals surface area (Å²) in [7, 11) is 0. The van der Waals surface area contributed by atoms with E-state index in [-0.39, 0.29) is 0 Å². The van der Waals surface area contributed by atoms with Gasteiger partial charge in [0.25, 0.3) is 0 Å². The lowest BCUT2D eigenvalue weighted by Crippen LogP contribution is -2.49. The molecule has 0 aliphatic heterocycles. The van der Waals surface area contributed by atoms with Crippen molar-refractivity contribution in [1.82, 2.24) is 10.2 Å². The molecule has 0 rings (SSSR count). The van der Waals surface area contributed by atoms with Gasteiger partial charge in [0.1, 0.15) is 5.54 Å². The van der Waals surface area contributed by atoms with Gasteiger partial charge in [0, 0.05) is 0 Å². The van der Waals surface area contributed by atoms with Crippen molar-refractivity contribution in [3.63, 3.8) is 0 Å². The smallest absolute Gasteiger partial charge is 0.323 e. The third-order valence-corrected chi connectivity index (χ3v) is 3.52. The molecule has 0 aromatic carbocycles. The molecule has 0 fully saturated rings. The number of aliphatic carboxylic acids is 1. The SMILES string of the molecule is CCCN(CCC)CCCCC(C)(NCC)C(=O)O. The van der Waals surface area contributed by atoms with Gasteiger partial charge in [-0.05, 0) is 65.2 Å². The maximum absolute atomic E-state index is 11.3. The fourth-order valence-corrected chi connectivity index (χ4v) is 2.44. The highest BCUT2D eigenvalue weighted by molar-refractivity contribution is 5.78. The van der Waals surface area contributed by atoms with E-state index in [0.29, 0.717) is 13.0 Å². The van der Waals surface area contributed by atoms with E-state index in [1.54, 1.807) is 6.92 Å². The predicted octanol–water partition coefficient (Wildman–Crippen LogP) is 2.73. The standard InChI is InChI=1S/C15H32N2O2/c1-5-11-17(12-6-2)13-9-8-10-15(4,14(18)19)16-7-3/h16H,5-13H2,1-4H3,(H,18,19). The Labute approximate surface area is 118 Å². The molecule has 0 aromatic rings. The zero-order valence-electron chi connectivity index (χ0n) is 13.2. The van der Waals surface area contributed by atoms with Crippen molar-refractivity contribution in [3.05, 3.63) is 0 Å². The van der Waals surface area contributed by atoms with Crippen LogP contribution in [0.25, 0.3) is 0 Å². The zero-order valence-corrected chi connectivity index (χ0v) is 13.2. The van der Waals surface area contributed by atoms with Crippen molar-refractivity contribution in [2.45, 2.75) is 65.3 Å². The van der Waals surface area contributed by atoms with Gasteiger partial charge in [0.2, 0.25) is 0 Å². The molecule has 0 spiro atoms. The Morgan fingerprint density at radius 3 is 2.11 bits per heavy atom. The van der Waals surface area contributed by atoms with E-state index in [2.05, 4.69) is 24.1 Å². The molecular weight excluding hydrogens is 240 g/mol. The Hall–Kier alpha value is -0.610. The summed E-state index contributed by atoms with van der Waals surface area (Å²) in [6, 6.07) is 0. The third kappa shape index (κ3) is 7.53. The van der Waals surface area contributed by atoms with Gasteiger partial charge in [-0.3, -0.25) is 4.79 Å². The van der Waals surface area contributed by atoms with Crippen LogP contribution in [0.2, 0.25) is 0 Å². The summed E-state index contributed by atoms with van der Waals surface area (Å²) in [6.07, 6.45) is 5.10. The fraction of sp³-hybridized carbons (Fsp3) is 0.933. The first-order valence-corrected chi connectivity index (χ1v) is 7.70. The molecule has 114 valence electrons. The number of nitrogens with zero attached hydrogens (tertiary/aromatic N) is 1. The van der Waals surface area contributed by atoms with Crippen LogP contribution in [0, 0.1) is 0 Å². The molecule has 0 aliphatic rings. The van der Waals surface area contributed by atoms with Gasteiger partial charge in [0.15, 0.2) is 0 Å². The van der Waals surface area contributed by atoms with Crippen LogP contribution < -0.4 is 5.32 Å². The number of rotatable bonds is 12. The molecule has 0 saturated heterocycles. The van der Waals surface area contributed by atoms with Crippen LogP contribution in [-0.4, -0.2) is 47.7 Å². The maximum Gasteiger partial charge on any atom is 0.323 e. The topological polar surface area (TPSA) is 52.6 Å². The summed E-state index contributed by atoms with van der Waals surface area (Å²) < 4.78 is 0. The molecular formula is C15H32N2O2. The highest BCUT2D eigenvalue weighted by Crippen LogP contribution is 2.14. The Kier molecular flexibility index (Phi) is 9.88. The van der Waals surface area contributed by atoms with Crippen LogP contribution in [0.1, 0.15) is 59.8 Å². The molecule has 4 heteroatoms. The molecule has 1 unspecified atom stereocenters. The van der Waals surface area contributed by atoms with Crippen molar-refractivity contribution < 1.29 is 9.90 Å². The van der Waals surface area contributed by atoms with E-state index in [1.807, 2.05) is 6.92 Å². The number of hydrogen-bond acceptors (Lipinski definition) is 3.